The second kappa shape index (κ2) is 5.13. The van der Waals surface area contributed by atoms with Crippen molar-refractivity contribution in [2.75, 3.05) is 6.61 Å². The zero-order valence-electron chi connectivity index (χ0n) is 10.9. The van der Waals surface area contributed by atoms with Crippen LogP contribution in [0.25, 0.3) is 0 Å². The molecule has 0 saturated heterocycles. The third-order valence-corrected chi connectivity index (χ3v) is 2.53. The summed E-state index contributed by atoms with van der Waals surface area (Å²) in [6.07, 6.45) is 0.793. The number of nitrogens with two attached hydrogens (primary N) is 1. The highest BCUT2D eigenvalue weighted by Gasteiger charge is 2.28. The van der Waals surface area contributed by atoms with E-state index in [9.17, 15) is 4.79 Å². The van der Waals surface area contributed by atoms with Gasteiger partial charge in [0, 0.05) is 5.41 Å². The van der Waals surface area contributed by atoms with Crippen molar-refractivity contribution < 1.29 is 9.53 Å². The molecule has 0 amide bonds. The molecule has 0 aromatic heterocycles. The monoisotopic (exact) mass is 213 g/mol. The Hall–Kier alpha value is -0.345. The van der Waals surface area contributed by atoms with Gasteiger partial charge in [-0.3, -0.25) is 0 Å². The molecular formula is C11H24BNO2. The van der Waals surface area contributed by atoms with E-state index in [-0.39, 0.29) is 5.68 Å². The van der Waals surface area contributed by atoms with E-state index in [0.29, 0.717) is 12.5 Å². The van der Waals surface area contributed by atoms with Crippen LogP contribution in [0.3, 0.4) is 0 Å². The zero-order valence-corrected chi connectivity index (χ0v) is 10.9. The second-order valence-corrected chi connectivity index (χ2v) is 5.64. The molecule has 4 heteroatoms. The van der Waals surface area contributed by atoms with Crippen molar-refractivity contribution in [3.63, 3.8) is 0 Å². The molecule has 0 bridgehead atoms. The van der Waals surface area contributed by atoms with E-state index in [2.05, 4.69) is 13.8 Å². The Morgan fingerprint density at radius 3 is 2.20 bits per heavy atom. The Kier molecular flexibility index (Phi) is 5.01. The molecule has 0 aliphatic carbocycles. The molecule has 0 aliphatic heterocycles. The molecule has 0 aromatic rings. The quantitative estimate of drug-likeness (QED) is 0.527. The first-order chi connectivity index (χ1) is 6.57. The molecule has 3 nitrogen and oxygen atoms in total. The highest BCUT2D eigenvalue weighted by Crippen LogP contribution is 2.21. The predicted molar refractivity (Wildman–Crippen MR) is 65.3 cm³/mol. The minimum absolute atomic E-state index is 0.128. The van der Waals surface area contributed by atoms with Crippen LogP contribution in [0.4, 0.5) is 0 Å². The summed E-state index contributed by atoms with van der Waals surface area (Å²) in [7, 11) is 1.58. The summed E-state index contributed by atoms with van der Waals surface area (Å²) in [4.78, 5) is 11.3. The van der Waals surface area contributed by atoms with E-state index >= 15 is 0 Å². The molecule has 15 heavy (non-hydrogen) atoms. The van der Waals surface area contributed by atoms with E-state index in [4.69, 9.17) is 10.5 Å². The Morgan fingerprint density at radius 1 is 1.40 bits per heavy atom. The molecule has 2 N–H and O–H groups in total. The fourth-order valence-electron chi connectivity index (χ4n) is 1.32. The highest BCUT2D eigenvalue weighted by molar-refractivity contribution is 6.58. The SMILES string of the molecule is BC(=O)C(C)(C)COC(C)(N)CC(C)C. The summed E-state index contributed by atoms with van der Waals surface area (Å²) >= 11 is 0. The van der Waals surface area contributed by atoms with Gasteiger partial charge in [0.15, 0.2) is 7.85 Å². The van der Waals surface area contributed by atoms with Crippen LogP contribution in [0.5, 0.6) is 0 Å². The van der Waals surface area contributed by atoms with Crippen LogP contribution in [0.2, 0.25) is 0 Å². The number of rotatable bonds is 6. The Bertz CT molecular complexity index is 225. The van der Waals surface area contributed by atoms with Crippen molar-refractivity contribution in [2.24, 2.45) is 17.1 Å². The van der Waals surface area contributed by atoms with Gasteiger partial charge in [-0.05, 0) is 19.3 Å². The van der Waals surface area contributed by atoms with Crippen LogP contribution >= 0.6 is 0 Å². The molecule has 0 aliphatic rings. The van der Waals surface area contributed by atoms with Gasteiger partial charge in [-0.1, -0.05) is 27.7 Å². The van der Waals surface area contributed by atoms with E-state index < -0.39 is 11.1 Å². The van der Waals surface area contributed by atoms with Crippen LogP contribution in [0, 0.1) is 11.3 Å². The summed E-state index contributed by atoms with van der Waals surface area (Å²) in [5.74, 6) is 0.487. The summed E-state index contributed by atoms with van der Waals surface area (Å²) in [5, 5.41) is 0. The van der Waals surface area contributed by atoms with Gasteiger partial charge in [0.1, 0.15) is 5.72 Å². The maximum Gasteiger partial charge on any atom is 0.187 e. The second-order valence-electron chi connectivity index (χ2n) is 5.64. The van der Waals surface area contributed by atoms with Crippen LogP contribution in [0.15, 0.2) is 0 Å². The molecule has 0 fully saturated rings. The lowest BCUT2D eigenvalue weighted by Crippen LogP contribution is -2.44. The van der Waals surface area contributed by atoms with E-state index in [1.807, 2.05) is 20.8 Å². The Labute approximate surface area is 94.2 Å². The first kappa shape index (κ1) is 14.7. The van der Waals surface area contributed by atoms with Gasteiger partial charge in [0.2, 0.25) is 0 Å². The lowest BCUT2D eigenvalue weighted by molar-refractivity contribution is -0.128. The highest BCUT2D eigenvalue weighted by atomic mass is 16.5. The number of hydrogen-bond donors (Lipinski definition) is 1. The van der Waals surface area contributed by atoms with Crippen molar-refractivity contribution in [3.8, 4) is 0 Å². The van der Waals surface area contributed by atoms with Crippen molar-refractivity contribution in [1.29, 1.82) is 0 Å². The summed E-state index contributed by atoms with van der Waals surface area (Å²) < 4.78 is 5.62. The van der Waals surface area contributed by atoms with E-state index in [1.54, 1.807) is 7.85 Å². The topological polar surface area (TPSA) is 52.3 Å². The molecule has 0 aromatic carbocycles. The first-order valence-corrected chi connectivity index (χ1v) is 5.51. The maximum atomic E-state index is 11.3. The lowest BCUT2D eigenvalue weighted by Gasteiger charge is -2.31. The molecule has 1 atom stereocenters. The molecular weight excluding hydrogens is 189 g/mol. The summed E-state index contributed by atoms with van der Waals surface area (Å²) in [5.41, 5.74) is 5.03. The van der Waals surface area contributed by atoms with Crippen LogP contribution in [-0.4, -0.2) is 25.9 Å². The number of hydrogen-bond acceptors (Lipinski definition) is 3. The van der Waals surface area contributed by atoms with Crippen LogP contribution in [-0.2, 0) is 9.53 Å². The number of carbonyl (C=O) groups excluding carboxylic acids is 1. The normalized spacial score (nSPS) is 16.5. The van der Waals surface area contributed by atoms with Crippen LogP contribution < -0.4 is 5.73 Å². The van der Waals surface area contributed by atoms with Gasteiger partial charge in [-0.25, -0.2) is 0 Å². The Morgan fingerprint density at radius 2 is 1.87 bits per heavy atom. The van der Waals surface area contributed by atoms with Gasteiger partial charge in [-0.2, -0.15) is 0 Å². The van der Waals surface area contributed by atoms with Gasteiger partial charge in [0.25, 0.3) is 0 Å². The summed E-state index contributed by atoms with van der Waals surface area (Å²) in [6.45, 7) is 10.2. The van der Waals surface area contributed by atoms with Crippen molar-refractivity contribution in [2.45, 2.75) is 46.8 Å². The lowest BCUT2D eigenvalue weighted by atomic mass is 9.78. The van der Waals surface area contributed by atoms with Gasteiger partial charge < -0.3 is 15.3 Å². The maximum absolute atomic E-state index is 11.3. The zero-order chi connectivity index (χ0) is 12.3. The molecule has 1 unspecified atom stereocenters. The third kappa shape index (κ3) is 5.95. The Balaban J connectivity index is 4.20. The molecule has 0 rings (SSSR count). The van der Waals surface area contributed by atoms with Gasteiger partial charge >= 0.3 is 0 Å². The molecule has 0 saturated carbocycles. The van der Waals surface area contributed by atoms with Crippen LogP contribution in [0.1, 0.15) is 41.0 Å². The minimum Gasteiger partial charge on any atom is -0.360 e. The van der Waals surface area contributed by atoms with Crippen molar-refractivity contribution in [3.05, 3.63) is 0 Å². The fraction of sp³-hybridized carbons (Fsp3) is 0.909. The first-order valence-electron chi connectivity index (χ1n) is 5.51. The average molecular weight is 213 g/mol. The molecule has 88 valence electrons. The minimum atomic E-state index is -0.638. The van der Waals surface area contributed by atoms with E-state index in [0.717, 1.165) is 6.42 Å². The molecule has 0 heterocycles. The summed E-state index contributed by atoms with van der Waals surface area (Å²) in [6, 6.07) is 0. The largest absolute Gasteiger partial charge is 0.360 e. The van der Waals surface area contributed by atoms with Crippen molar-refractivity contribution >= 4 is 13.5 Å². The van der Waals surface area contributed by atoms with Crippen molar-refractivity contribution in [1.82, 2.24) is 0 Å². The fourth-order valence-corrected chi connectivity index (χ4v) is 1.32. The standard InChI is InChI=1S/C11H24BNO2/c1-8(2)6-11(5,13)15-7-10(3,4)9(12)14/h8H,6-7,12-13H2,1-5H3. The molecule has 0 radical (unpaired) electrons. The average Bonchev–Trinajstić information content (AvgIpc) is 1.98. The van der Waals surface area contributed by atoms with Gasteiger partial charge in [0.05, 0.1) is 12.3 Å². The predicted octanol–water partition coefficient (Wildman–Crippen LogP) is 0.910. The van der Waals surface area contributed by atoms with E-state index in [1.165, 1.54) is 0 Å². The van der Waals surface area contributed by atoms with Gasteiger partial charge in [-0.15, -0.1) is 0 Å². The number of ether oxygens (including phenoxy) is 1. The smallest absolute Gasteiger partial charge is 0.187 e. The molecule has 0 spiro atoms. The number of carbonyl (C=O) groups is 1. The third-order valence-electron chi connectivity index (χ3n) is 2.53.